The summed E-state index contributed by atoms with van der Waals surface area (Å²) >= 11 is 0. The maximum absolute atomic E-state index is 10.5. The van der Waals surface area contributed by atoms with E-state index in [4.69, 9.17) is 0 Å². The maximum Gasteiger partial charge on any atom is 0.0594 e. The van der Waals surface area contributed by atoms with Gasteiger partial charge >= 0.3 is 0 Å². The first-order chi connectivity index (χ1) is 8.85. The van der Waals surface area contributed by atoms with Crippen LogP contribution in [0.1, 0.15) is 73.1 Å². The van der Waals surface area contributed by atoms with Gasteiger partial charge in [-0.15, -0.1) is 0 Å². The molecule has 0 radical (unpaired) electrons. The number of rotatable bonds is 2. The molecule has 0 aromatic heterocycles. The lowest BCUT2D eigenvalue weighted by atomic mass is 9.52. The van der Waals surface area contributed by atoms with E-state index in [1.807, 2.05) is 0 Å². The predicted octanol–water partition coefficient (Wildman–Crippen LogP) is 4.64. The average molecular weight is 264 g/mol. The Morgan fingerprint density at radius 2 is 1.79 bits per heavy atom. The zero-order valence-electron chi connectivity index (χ0n) is 13.5. The molecule has 3 aliphatic carbocycles. The quantitative estimate of drug-likeness (QED) is 0.770. The minimum Gasteiger partial charge on any atom is -0.393 e. The van der Waals surface area contributed by atoms with Gasteiger partial charge in [-0.05, 0) is 66.1 Å². The molecule has 0 aromatic carbocycles. The molecule has 3 aliphatic rings. The van der Waals surface area contributed by atoms with Crippen molar-refractivity contribution < 1.29 is 5.11 Å². The van der Waals surface area contributed by atoms with Crippen LogP contribution in [-0.4, -0.2) is 11.2 Å². The Balaban J connectivity index is 2.02. The zero-order valence-corrected chi connectivity index (χ0v) is 13.5. The van der Waals surface area contributed by atoms with Gasteiger partial charge in [0.15, 0.2) is 0 Å². The first kappa shape index (κ1) is 13.9. The Kier molecular flexibility index (Phi) is 2.93. The van der Waals surface area contributed by atoms with Crippen LogP contribution in [0, 0.1) is 34.0 Å². The molecule has 0 saturated heterocycles. The smallest absolute Gasteiger partial charge is 0.0594 e. The van der Waals surface area contributed by atoms with Crippen molar-refractivity contribution in [3.63, 3.8) is 0 Å². The third kappa shape index (κ3) is 1.36. The van der Waals surface area contributed by atoms with Gasteiger partial charge in [0, 0.05) is 0 Å². The molecule has 3 fully saturated rings. The second-order valence-electron chi connectivity index (χ2n) is 8.46. The highest BCUT2D eigenvalue weighted by Gasteiger charge is 2.80. The molecule has 0 heterocycles. The first-order valence-electron chi connectivity index (χ1n) is 8.53. The van der Waals surface area contributed by atoms with Crippen molar-refractivity contribution in [1.82, 2.24) is 0 Å². The van der Waals surface area contributed by atoms with Gasteiger partial charge in [0.2, 0.25) is 0 Å². The molecule has 0 amide bonds. The standard InChI is InChI=1S/C18H32O/c1-6-10-17-12(2)7-8-14-16(4,5)15(19)9-11-18(14,17)13(17)3/h12-15,19H,6-11H2,1-5H3. The highest BCUT2D eigenvalue weighted by atomic mass is 16.3. The monoisotopic (exact) mass is 264 g/mol. The summed E-state index contributed by atoms with van der Waals surface area (Å²) in [7, 11) is 0. The molecule has 1 spiro atoms. The van der Waals surface area contributed by atoms with E-state index >= 15 is 0 Å². The second kappa shape index (κ2) is 4.00. The third-order valence-electron chi connectivity index (χ3n) is 7.97. The van der Waals surface area contributed by atoms with Crippen LogP contribution in [0.3, 0.4) is 0 Å². The van der Waals surface area contributed by atoms with Gasteiger partial charge in [0.25, 0.3) is 0 Å². The molecule has 19 heavy (non-hydrogen) atoms. The van der Waals surface area contributed by atoms with Crippen molar-refractivity contribution in [2.75, 3.05) is 0 Å². The molecule has 0 bridgehead atoms. The van der Waals surface area contributed by atoms with Gasteiger partial charge in [-0.3, -0.25) is 0 Å². The fourth-order valence-electron chi connectivity index (χ4n) is 7.07. The maximum atomic E-state index is 10.5. The highest BCUT2D eigenvalue weighted by Crippen LogP contribution is 2.85. The summed E-state index contributed by atoms with van der Waals surface area (Å²) in [5.41, 5.74) is 1.31. The van der Waals surface area contributed by atoms with Gasteiger partial charge < -0.3 is 5.11 Å². The Bertz CT molecular complexity index is 374. The third-order valence-corrected chi connectivity index (χ3v) is 7.97. The molecule has 1 heteroatoms. The van der Waals surface area contributed by atoms with E-state index in [-0.39, 0.29) is 11.5 Å². The van der Waals surface area contributed by atoms with Crippen LogP contribution in [0.4, 0.5) is 0 Å². The molecule has 1 N–H and O–H groups in total. The minimum atomic E-state index is -0.0799. The van der Waals surface area contributed by atoms with Crippen LogP contribution in [0.15, 0.2) is 0 Å². The van der Waals surface area contributed by atoms with Crippen molar-refractivity contribution in [3.05, 3.63) is 0 Å². The summed E-state index contributed by atoms with van der Waals surface area (Å²) < 4.78 is 0. The van der Waals surface area contributed by atoms with Crippen molar-refractivity contribution in [1.29, 1.82) is 0 Å². The van der Waals surface area contributed by atoms with Crippen LogP contribution in [0.2, 0.25) is 0 Å². The van der Waals surface area contributed by atoms with E-state index in [9.17, 15) is 5.11 Å². The van der Waals surface area contributed by atoms with E-state index in [1.165, 1.54) is 32.1 Å². The summed E-state index contributed by atoms with van der Waals surface area (Å²) in [6, 6.07) is 0. The molecule has 6 atom stereocenters. The van der Waals surface area contributed by atoms with Crippen LogP contribution in [0.5, 0.6) is 0 Å². The van der Waals surface area contributed by atoms with Crippen molar-refractivity contribution in [2.45, 2.75) is 79.2 Å². The van der Waals surface area contributed by atoms with E-state index in [0.29, 0.717) is 10.8 Å². The van der Waals surface area contributed by atoms with Crippen molar-refractivity contribution in [3.8, 4) is 0 Å². The molecule has 6 unspecified atom stereocenters. The Morgan fingerprint density at radius 1 is 1.11 bits per heavy atom. The summed E-state index contributed by atoms with van der Waals surface area (Å²) in [4.78, 5) is 0. The zero-order chi connectivity index (χ0) is 14.1. The molecule has 0 aromatic rings. The van der Waals surface area contributed by atoms with Crippen molar-refractivity contribution >= 4 is 0 Å². The SMILES string of the molecule is CCCC12C(C)CCC3C(C)(C)C(O)CCC31C2C. The van der Waals surface area contributed by atoms with Gasteiger partial charge in [-0.1, -0.05) is 41.0 Å². The van der Waals surface area contributed by atoms with Crippen molar-refractivity contribution in [2.24, 2.45) is 34.0 Å². The minimum absolute atomic E-state index is 0.0799. The molecule has 3 saturated carbocycles. The summed E-state index contributed by atoms with van der Waals surface area (Å²) in [5.74, 6) is 2.53. The van der Waals surface area contributed by atoms with Gasteiger partial charge in [-0.2, -0.15) is 0 Å². The highest BCUT2D eigenvalue weighted by molar-refractivity contribution is 5.28. The summed E-state index contributed by atoms with van der Waals surface area (Å²) in [5, 5.41) is 10.5. The van der Waals surface area contributed by atoms with Crippen LogP contribution in [-0.2, 0) is 0 Å². The van der Waals surface area contributed by atoms with Crippen LogP contribution < -0.4 is 0 Å². The lowest BCUT2D eigenvalue weighted by Crippen LogP contribution is -2.50. The predicted molar refractivity (Wildman–Crippen MR) is 79.8 cm³/mol. The number of aliphatic hydroxyl groups is 1. The van der Waals surface area contributed by atoms with E-state index in [2.05, 4.69) is 34.6 Å². The van der Waals surface area contributed by atoms with Gasteiger partial charge in [-0.25, -0.2) is 0 Å². The van der Waals surface area contributed by atoms with Gasteiger partial charge in [0.05, 0.1) is 6.10 Å². The van der Waals surface area contributed by atoms with E-state index < -0.39 is 0 Å². The fraction of sp³-hybridized carbons (Fsp3) is 1.00. The number of hydrogen-bond donors (Lipinski definition) is 1. The van der Waals surface area contributed by atoms with Gasteiger partial charge in [0.1, 0.15) is 0 Å². The lowest BCUT2D eigenvalue weighted by molar-refractivity contribution is -0.104. The second-order valence-corrected chi connectivity index (χ2v) is 8.46. The summed E-state index contributed by atoms with van der Waals surface area (Å²) in [6.07, 6.45) is 7.71. The largest absolute Gasteiger partial charge is 0.393 e. The molecule has 1 nitrogen and oxygen atoms in total. The summed E-state index contributed by atoms with van der Waals surface area (Å²) in [6.45, 7) is 12.1. The first-order valence-corrected chi connectivity index (χ1v) is 8.53. The van der Waals surface area contributed by atoms with Crippen LogP contribution >= 0.6 is 0 Å². The molecular weight excluding hydrogens is 232 g/mol. The van der Waals surface area contributed by atoms with Crippen LogP contribution in [0.25, 0.3) is 0 Å². The lowest BCUT2D eigenvalue weighted by Gasteiger charge is -2.54. The molecule has 110 valence electrons. The van der Waals surface area contributed by atoms with E-state index in [0.717, 1.165) is 24.2 Å². The fourth-order valence-corrected chi connectivity index (χ4v) is 7.07. The Labute approximate surface area is 119 Å². The molecular formula is C18H32O. The number of aliphatic hydroxyl groups excluding tert-OH is 1. The average Bonchev–Trinajstić information content (AvgIpc) is 2.88. The number of hydrogen-bond acceptors (Lipinski definition) is 1. The topological polar surface area (TPSA) is 20.2 Å². The molecule has 3 rings (SSSR count). The van der Waals surface area contributed by atoms with E-state index in [1.54, 1.807) is 0 Å². The Morgan fingerprint density at radius 3 is 2.42 bits per heavy atom. The normalized spacial score (nSPS) is 55.3. The Hall–Kier alpha value is -0.0400. The molecule has 0 aliphatic heterocycles.